The molecule has 0 spiro atoms. The average Bonchev–Trinajstić information content (AvgIpc) is 2.91. The summed E-state index contributed by atoms with van der Waals surface area (Å²) < 4.78 is 11.2. The Morgan fingerprint density at radius 2 is 1.61 bits per heavy atom. The fourth-order valence-corrected chi connectivity index (χ4v) is 2.88. The Labute approximate surface area is 110 Å². The highest BCUT2D eigenvalue weighted by Crippen LogP contribution is 2.20. The average molecular weight is 254 g/mol. The Bertz CT molecular complexity index is 240. The molecule has 2 rings (SSSR count). The van der Waals surface area contributed by atoms with Gasteiger partial charge < -0.3 is 9.47 Å². The second-order valence-electron chi connectivity index (χ2n) is 5.59. The molecule has 2 heterocycles. The molecule has 0 aromatic heterocycles. The fraction of sp³-hybridized carbons (Fsp3) is 0.933. The Morgan fingerprint density at radius 1 is 0.889 bits per heavy atom. The summed E-state index contributed by atoms with van der Waals surface area (Å²) in [5.74, 6) is 0.405. The van der Waals surface area contributed by atoms with Crippen LogP contribution in [0.4, 0.5) is 0 Å². The number of rotatable bonds is 7. The van der Waals surface area contributed by atoms with Crippen molar-refractivity contribution in [1.29, 1.82) is 0 Å². The Hall–Kier alpha value is -0.410. The van der Waals surface area contributed by atoms with Crippen LogP contribution >= 0.6 is 0 Å². The minimum Gasteiger partial charge on any atom is -0.378 e. The highest BCUT2D eigenvalue weighted by molar-refractivity contribution is 5.78. The number of ketones is 1. The molecule has 0 bridgehead atoms. The third-order valence-corrected chi connectivity index (χ3v) is 4.02. The first kappa shape index (κ1) is 14.0. The predicted molar refractivity (Wildman–Crippen MR) is 70.7 cm³/mol. The smallest absolute Gasteiger partial charge is 0.133 e. The largest absolute Gasteiger partial charge is 0.378 e. The second-order valence-corrected chi connectivity index (χ2v) is 5.59. The van der Waals surface area contributed by atoms with E-state index in [9.17, 15) is 4.79 Å². The van der Waals surface area contributed by atoms with Crippen molar-refractivity contribution in [2.75, 3.05) is 13.2 Å². The highest BCUT2D eigenvalue weighted by Gasteiger charge is 2.17. The van der Waals surface area contributed by atoms with Gasteiger partial charge in [0.1, 0.15) is 5.78 Å². The van der Waals surface area contributed by atoms with E-state index in [1.807, 2.05) is 0 Å². The first-order valence-corrected chi connectivity index (χ1v) is 7.59. The molecule has 0 aliphatic carbocycles. The summed E-state index contributed by atoms with van der Waals surface area (Å²) in [6.45, 7) is 1.80. The monoisotopic (exact) mass is 254 g/mol. The lowest BCUT2D eigenvalue weighted by atomic mass is 10.0. The molecule has 2 fully saturated rings. The molecule has 2 unspecified atom stereocenters. The quantitative estimate of drug-likeness (QED) is 0.699. The van der Waals surface area contributed by atoms with E-state index in [1.54, 1.807) is 0 Å². The molecule has 0 aromatic carbocycles. The van der Waals surface area contributed by atoms with Gasteiger partial charge in [0.05, 0.1) is 12.2 Å². The Kier molecular flexibility index (Phi) is 6.15. The van der Waals surface area contributed by atoms with Gasteiger partial charge in [0.15, 0.2) is 0 Å². The molecular formula is C15H26O3. The number of ether oxygens (including phenoxy) is 2. The molecule has 2 aliphatic rings. The summed E-state index contributed by atoms with van der Waals surface area (Å²) in [6, 6.07) is 0. The maximum atomic E-state index is 11.8. The maximum Gasteiger partial charge on any atom is 0.133 e. The van der Waals surface area contributed by atoms with Crippen molar-refractivity contribution in [3.05, 3.63) is 0 Å². The van der Waals surface area contributed by atoms with E-state index in [1.165, 1.54) is 25.7 Å². The van der Waals surface area contributed by atoms with Crippen LogP contribution in [0.2, 0.25) is 0 Å². The van der Waals surface area contributed by atoms with Crippen LogP contribution in [0.5, 0.6) is 0 Å². The number of Topliss-reactive ketones (excluding diaryl/α,β-unsaturated/α-hetero) is 1. The summed E-state index contributed by atoms with van der Waals surface area (Å²) in [5.41, 5.74) is 0. The molecule has 2 aliphatic heterocycles. The predicted octanol–water partition coefficient (Wildman–Crippen LogP) is 3.25. The third-order valence-electron chi connectivity index (χ3n) is 4.02. The molecule has 3 nitrogen and oxygen atoms in total. The van der Waals surface area contributed by atoms with Crippen molar-refractivity contribution in [2.24, 2.45) is 0 Å². The molecule has 0 N–H and O–H groups in total. The van der Waals surface area contributed by atoms with E-state index in [4.69, 9.17) is 9.47 Å². The van der Waals surface area contributed by atoms with Crippen molar-refractivity contribution in [3.63, 3.8) is 0 Å². The van der Waals surface area contributed by atoms with Crippen LogP contribution < -0.4 is 0 Å². The minimum absolute atomic E-state index is 0.348. The molecule has 0 radical (unpaired) electrons. The molecule has 0 amide bonds. The van der Waals surface area contributed by atoms with E-state index < -0.39 is 0 Å². The van der Waals surface area contributed by atoms with Gasteiger partial charge in [-0.2, -0.15) is 0 Å². The first-order valence-electron chi connectivity index (χ1n) is 7.59. The van der Waals surface area contributed by atoms with Gasteiger partial charge in [-0.25, -0.2) is 0 Å². The maximum absolute atomic E-state index is 11.8. The van der Waals surface area contributed by atoms with Crippen LogP contribution in [0.25, 0.3) is 0 Å². The Morgan fingerprint density at radius 3 is 2.28 bits per heavy atom. The van der Waals surface area contributed by atoms with Gasteiger partial charge in [0, 0.05) is 26.1 Å². The Balaban J connectivity index is 1.49. The van der Waals surface area contributed by atoms with Crippen molar-refractivity contribution in [1.82, 2.24) is 0 Å². The SMILES string of the molecule is O=C(CCCC1CCCO1)CCC1CCCCO1. The van der Waals surface area contributed by atoms with Crippen LogP contribution in [0, 0.1) is 0 Å². The second kappa shape index (κ2) is 7.90. The fourth-order valence-electron chi connectivity index (χ4n) is 2.88. The molecular weight excluding hydrogens is 228 g/mol. The van der Waals surface area contributed by atoms with Crippen LogP contribution in [-0.4, -0.2) is 31.2 Å². The first-order chi connectivity index (χ1) is 8.84. The van der Waals surface area contributed by atoms with E-state index in [2.05, 4.69) is 0 Å². The van der Waals surface area contributed by atoms with Gasteiger partial charge in [-0.05, 0) is 51.4 Å². The summed E-state index contributed by atoms with van der Waals surface area (Å²) >= 11 is 0. The summed E-state index contributed by atoms with van der Waals surface area (Å²) in [6.07, 6.45) is 11.2. The number of hydrogen-bond donors (Lipinski definition) is 0. The topological polar surface area (TPSA) is 35.5 Å². The molecule has 18 heavy (non-hydrogen) atoms. The lowest BCUT2D eigenvalue weighted by Crippen LogP contribution is -2.20. The molecule has 3 heteroatoms. The van der Waals surface area contributed by atoms with Crippen LogP contribution in [0.15, 0.2) is 0 Å². The molecule has 104 valence electrons. The molecule has 2 saturated heterocycles. The van der Waals surface area contributed by atoms with Crippen molar-refractivity contribution < 1.29 is 14.3 Å². The third kappa shape index (κ3) is 5.07. The summed E-state index contributed by atoms with van der Waals surface area (Å²) in [7, 11) is 0. The lowest BCUT2D eigenvalue weighted by Gasteiger charge is -2.22. The van der Waals surface area contributed by atoms with Crippen molar-refractivity contribution in [3.8, 4) is 0 Å². The van der Waals surface area contributed by atoms with E-state index >= 15 is 0 Å². The lowest BCUT2D eigenvalue weighted by molar-refractivity contribution is -0.120. The molecule has 0 saturated carbocycles. The van der Waals surface area contributed by atoms with Crippen LogP contribution in [-0.2, 0) is 14.3 Å². The zero-order chi connectivity index (χ0) is 12.6. The van der Waals surface area contributed by atoms with Gasteiger partial charge in [-0.1, -0.05) is 0 Å². The van der Waals surface area contributed by atoms with Gasteiger partial charge in [-0.15, -0.1) is 0 Å². The summed E-state index contributed by atoms with van der Waals surface area (Å²) in [5, 5.41) is 0. The van der Waals surface area contributed by atoms with Gasteiger partial charge in [0.25, 0.3) is 0 Å². The van der Waals surface area contributed by atoms with Gasteiger partial charge in [-0.3, -0.25) is 4.79 Å². The number of hydrogen-bond acceptors (Lipinski definition) is 3. The standard InChI is InChI=1S/C15H26O3/c16-13(5-3-7-14-8-4-12-18-14)9-10-15-6-1-2-11-17-15/h14-15H,1-12H2. The highest BCUT2D eigenvalue weighted by atomic mass is 16.5. The van der Waals surface area contributed by atoms with Crippen molar-refractivity contribution in [2.45, 2.75) is 76.4 Å². The minimum atomic E-state index is 0.348. The van der Waals surface area contributed by atoms with Crippen LogP contribution in [0.3, 0.4) is 0 Å². The zero-order valence-corrected chi connectivity index (χ0v) is 11.4. The van der Waals surface area contributed by atoms with E-state index in [-0.39, 0.29) is 0 Å². The zero-order valence-electron chi connectivity index (χ0n) is 11.4. The van der Waals surface area contributed by atoms with Crippen LogP contribution in [0.1, 0.15) is 64.2 Å². The normalized spacial score (nSPS) is 28.4. The number of carbonyl (C=O) groups excluding carboxylic acids is 1. The van der Waals surface area contributed by atoms with Crippen molar-refractivity contribution >= 4 is 5.78 Å². The van der Waals surface area contributed by atoms with Gasteiger partial charge in [0.2, 0.25) is 0 Å². The number of carbonyl (C=O) groups is 1. The van der Waals surface area contributed by atoms with Gasteiger partial charge >= 0.3 is 0 Å². The van der Waals surface area contributed by atoms with E-state index in [0.717, 1.165) is 45.3 Å². The summed E-state index contributed by atoms with van der Waals surface area (Å²) in [4.78, 5) is 11.8. The molecule has 0 aromatic rings. The molecule has 2 atom stereocenters. The van der Waals surface area contributed by atoms with E-state index in [0.29, 0.717) is 24.4 Å².